The number of amides is 2. The van der Waals surface area contributed by atoms with Gasteiger partial charge in [-0.15, -0.1) is 0 Å². The summed E-state index contributed by atoms with van der Waals surface area (Å²) in [6.45, 7) is 1.01. The average Bonchev–Trinajstić information content (AvgIpc) is 2.85. The highest BCUT2D eigenvalue weighted by Gasteiger charge is 2.10. The largest absolute Gasteiger partial charge is 0.452 e. The number of carbonyl (C=O) groups excluding carboxylic acids is 1. The third-order valence-corrected chi connectivity index (χ3v) is 3.21. The maximum absolute atomic E-state index is 11.9. The molecule has 20 heavy (non-hydrogen) atoms. The summed E-state index contributed by atoms with van der Waals surface area (Å²) in [7, 11) is 1.73. The number of hydrogen-bond acceptors (Lipinski definition) is 3. The summed E-state index contributed by atoms with van der Waals surface area (Å²) >= 11 is 3.24. The van der Waals surface area contributed by atoms with Gasteiger partial charge in [0.25, 0.3) is 0 Å². The van der Waals surface area contributed by atoms with Crippen LogP contribution in [-0.4, -0.2) is 29.5 Å². The number of nitrogens with zero attached hydrogens (tertiary/aromatic N) is 2. The molecule has 0 aliphatic carbocycles. The number of hydrogen-bond donors (Lipinski definition) is 1. The van der Waals surface area contributed by atoms with Crippen LogP contribution in [-0.2, 0) is 13.0 Å². The van der Waals surface area contributed by atoms with Crippen LogP contribution in [0.3, 0.4) is 0 Å². The molecule has 2 aromatic heterocycles. The van der Waals surface area contributed by atoms with Crippen LogP contribution in [0.15, 0.2) is 45.7 Å². The molecule has 0 fully saturated rings. The van der Waals surface area contributed by atoms with Crippen molar-refractivity contribution in [3.8, 4) is 0 Å². The monoisotopic (exact) mass is 337 g/mol. The summed E-state index contributed by atoms with van der Waals surface area (Å²) in [5.41, 5.74) is 1.10. The molecule has 2 aromatic rings. The molecule has 0 atom stereocenters. The number of furan rings is 1. The van der Waals surface area contributed by atoms with Gasteiger partial charge < -0.3 is 14.6 Å². The Hall–Kier alpha value is -1.82. The minimum atomic E-state index is -0.124. The molecule has 0 spiro atoms. The lowest BCUT2D eigenvalue weighted by Gasteiger charge is -2.16. The van der Waals surface area contributed by atoms with Gasteiger partial charge in [-0.2, -0.15) is 0 Å². The van der Waals surface area contributed by atoms with Crippen molar-refractivity contribution in [3.63, 3.8) is 0 Å². The second kappa shape index (κ2) is 7.09. The minimum Gasteiger partial charge on any atom is -0.452 e. The lowest BCUT2D eigenvalue weighted by atomic mass is 10.2. The molecule has 2 rings (SSSR count). The van der Waals surface area contributed by atoms with Gasteiger partial charge >= 0.3 is 6.03 Å². The maximum atomic E-state index is 11.9. The van der Waals surface area contributed by atoms with Crippen LogP contribution >= 0.6 is 15.9 Å². The van der Waals surface area contributed by atoms with Gasteiger partial charge in [0.1, 0.15) is 5.76 Å². The zero-order valence-corrected chi connectivity index (χ0v) is 12.8. The van der Waals surface area contributed by atoms with Gasteiger partial charge in [0, 0.05) is 26.0 Å². The van der Waals surface area contributed by atoms with Gasteiger partial charge in [-0.05, 0) is 46.1 Å². The van der Waals surface area contributed by atoms with Gasteiger partial charge in [-0.1, -0.05) is 6.07 Å². The number of halogens is 1. The van der Waals surface area contributed by atoms with Crippen LogP contribution in [0.4, 0.5) is 4.79 Å². The number of nitrogens with one attached hydrogen (secondary N) is 1. The van der Waals surface area contributed by atoms with E-state index in [2.05, 4.69) is 26.2 Å². The van der Waals surface area contributed by atoms with E-state index < -0.39 is 0 Å². The average molecular weight is 338 g/mol. The first-order valence-corrected chi connectivity index (χ1v) is 7.06. The highest BCUT2D eigenvalue weighted by atomic mass is 79.9. The van der Waals surface area contributed by atoms with Gasteiger partial charge in [0.05, 0.1) is 6.54 Å². The number of aromatic nitrogens is 1. The van der Waals surface area contributed by atoms with Crippen molar-refractivity contribution in [1.29, 1.82) is 0 Å². The Labute approximate surface area is 126 Å². The quantitative estimate of drug-likeness (QED) is 0.912. The summed E-state index contributed by atoms with van der Waals surface area (Å²) in [6.07, 6.45) is 4.30. The van der Waals surface area contributed by atoms with Crippen molar-refractivity contribution in [2.75, 3.05) is 13.6 Å². The lowest BCUT2D eigenvalue weighted by Crippen LogP contribution is -2.37. The molecule has 0 aliphatic heterocycles. The Bertz CT molecular complexity index is 557. The predicted octanol–water partition coefficient (Wildman–Crippen LogP) is 2.82. The molecule has 1 N–H and O–H groups in total. The molecule has 0 unspecified atom stereocenters. The molecule has 0 aromatic carbocycles. The molecule has 0 saturated carbocycles. The molecule has 6 heteroatoms. The standard InChI is InChI=1S/C14H16BrN3O2/c1-18(10-12-4-5-13(15)20-12)14(19)17-8-6-11-3-2-7-16-9-11/h2-5,7,9H,6,8,10H2,1H3,(H,17,19). The Morgan fingerprint density at radius 2 is 2.30 bits per heavy atom. The summed E-state index contributed by atoms with van der Waals surface area (Å²) in [5.74, 6) is 0.738. The summed E-state index contributed by atoms with van der Waals surface area (Å²) in [4.78, 5) is 17.5. The first-order chi connectivity index (χ1) is 9.65. The highest BCUT2D eigenvalue weighted by Crippen LogP contribution is 2.15. The molecule has 0 bridgehead atoms. The van der Waals surface area contributed by atoms with Crippen molar-refractivity contribution < 1.29 is 9.21 Å². The molecule has 106 valence electrons. The fourth-order valence-corrected chi connectivity index (χ4v) is 2.08. The van der Waals surface area contributed by atoms with Crippen LogP contribution in [0.5, 0.6) is 0 Å². The third kappa shape index (κ3) is 4.38. The SMILES string of the molecule is CN(Cc1ccc(Br)o1)C(=O)NCCc1cccnc1. The van der Waals surface area contributed by atoms with Crippen molar-refractivity contribution in [2.24, 2.45) is 0 Å². The van der Waals surface area contributed by atoms with Crippen molar-refractivity contribution in [3.05, 3.63) is 52.7 Å². The van der Waals surface area contributed by atoms with Crippen LogP contribution in [0, 0.1) is 0 Å². The molecule has 0 aliphatic rings. The predicted molar refractivity (Wildman–Crippen MR) is 79.2 cm³/mol. The number of rotatable bonds is 5. The van der Waals surface area contributed by atoms with Crippen LogP contribution in [0.25, 0.3) is 0 Å². The normalized spacial score (nSPS) is 10.3. The van der Waals surface area contributed by atoms with Crippen molar-refractivity contribution in [2.45, 2.75) is 13.0 Å². The van der Waals surface area contributed by atoms with Crippen LogP contribution < -0.4 is 5.32 Å². The third-order valence-electron chi connectivity index (χ3n) is 2.78. The molecule has 2 amide bonds. The molecule has 5 nitrogen and oxygen atoms in total. The fourth-order valence-electron chi connectivity index (χ4n) is 1.74. The topological polar surface area (TPSA) is 58.4 Å². The van der Waals surface area contributed by atoms with Gasteiger partial charge in [-0.3, -0.25) is 4.98 Å². The minimum absolute atomic E-state index is 0.124. The molecule has 0 radical (unpaired) electrons. The molecule has 0 saturated heterocycles. The number of pyridine rings is 1. The summed E-state index contributed by atoms with van der Waals surface area (Å²) in [5, 5.41) is 2.86. The van der Waals surface area contributed by atoms with Gasteiger partial charge in [0.15, 0.2) is 4.67 Å². The summed E-state index contributed by atoms with van der Waals surface area (Å²) in [6, 6.07) is 7.40. The van der Waals surface area contributed by atoms with Crippen molar-refractivity contribution in [1.82, 2.24) is 15.2 Å². The number of carbonyl (C=O) groups is 1. The summed E-state index contributed by atoms with van der Waals surface area (Å²) < 4.78 is 6.03. The van der Waals surface area contributed by atoms with Gasteiger partial charge in [0.2, 0.25) is 0 Å². The lowest BCUT2D eigenvalue weighted by molar-refractivity contribution is 0.203. The number of urea groups is 1. The van der Waals surface area contributed by atoms with E-state index in [0.717, 1.165) is 17.7 Å². The molecule has 2 heterocycles. The zero-order chi connectivity index (χ0) is 14.4. The molecular formula is C14H16BrN3O2. The Kier molecular flexibility index (Phi) is 5.17. The highest BCUT2D eigenvalue weighted by molar-refractivity contribution is 9.10. The Morgan fingerprint density at radius 3 is 2.95 bits per heavy atom. The van der Waals surface area contributed by atoms with E-state index in [1.807, 2.05) is 24.3 Å². The van der Waals surface area contributed by atoms with E-state index >= 15 is 0 Å². The zero-order valence-electron chi connectivity index (χ0n) is 11.2. The van der Waals surface area contributed by atoms with E-state index in [-0.39, 0.29) is 6.03 Å². The first-order valence-electron chi connectivity index (χ1n) is 6.27. The van der Waals surface area contributed by atoms with Gasteiger partial charge in [-0.25, -0.2) is 4.79 Å². The second-order valence-corrected chi connectivity index (χ2v) is 5.19. The Morgan fingerprint density at radius 1 is 1.45 bits per heavy atom. The fraction of sp³-hybridized carbons (Fsp3) is 0.286. The second-order valence-electron chi connectivity index (χ2n) is 4.41. The van der Waals surface area contributed by atoms with E-state index in [4.69, 9.17) is 4.42 Å². The van der Waals surface area contributed by atoms with Crippen molar-refractivity contribution >= 4 is 22.0 Å². The van der Waals surface area contributed by atoms with E-state index in [0.29, 0.717) is 17.8 Å². The first kappa shape index (κ1) is 14.6. The van der Waals surface area contributed by atoms with Crippen LogP contribution in [0.1, 0.15) is 11.3 Å². The van der Waals surface area contributed by atoms with E-state index in [9.17, 15) is 4.79 Å². The van der Waals surface area contributed by atoms with E-state index in [1.165, 1.54) is 0 Å². The maximum Gasteiger partial charge on any atom is 0.317 e. The Balaban J connectivity index is 1.74. The van der Waals surface area contributed by atoms with Crippen LogP contribution in [0.2, 0.25) is 0 Å². The molecular weight excluding hydrogens is 322 g/mol. The van der Waals surface area contributed by atoms with E-state index in [1.54, 1.807) is 24.3 Å². The smallest absolute Gasteiger partial charge is 0.317 e.